The predicted molar refractivity (Wildman–Crippen MR) is 77.2 cm³/mol. The van der Waals surface area contributed by atoms with Crippen LogP contribution in [0, 0.1) is 0 Å². The molecule has 0 aromatic carbocycles. The highest BCUT2D eigenvalue weighted by Crippen LogP contribution is 2.32. The summed E-state index contributed by atoms with van der Waals surface area (Å²) in [5.41, 5.74) is 0.00354. The second-order valence-corrected chi connectivity index (χ2v) is 6.20. The third kappa shape index (κ3) is 3.24. The molecule has 0 saturated carbocycles. The first-order valence-corrected chi connectivity index (χ1v) is 7.72. The summed E-state index contributed by atoms with van der Waals surface area (Å²) in [6.45, 7) is 1.46. The van der Waals surface area contributed by atoms with Crippen LogP contribution in [-0.2, 0) is 6.54 Å². The molecule has 2 saturated heterocycles. The van der Waals surface area contributed by atoms with Gasteiger partial charge in [-0.2, -0.15) is 0 Å². The Bertz CT molecular complexity index is 489. The maximum atomic E-state index is 10.7. The number of aromatic carboxylic acids is 1. The van der Waals surface area contributed by atoms with Crippen molar-refractivity contribution in [2.24, 2.45) is 0 Å². The highest BCUT2D eigenvalue weighted by molar-refractivity contribution is 5.84. The van der Waals surface area contributed by atoms with E-state index >= 15 is 0 Å². The zero-order valence-electron chi connectivity index (χ0n) is 12.4. The van der Waals surface area contributed by atoms with Gasteiger partial charge in [-0.15, -0.1) is 5.10 Å². The maximum absolute atomic E-state index is 10.7. The molecule has 2 bridgehead atoms. The van der Waals surface area contributed by atoms with Crippen molar-refractivity contribution in [2.75, 3.05) is 13.6 Å². The van der Waals surface area contributed by atoms with Crippen LogP contribution in [0.5, 0.6) is 0 Å². The molecule has 3 heterocycles. The summed E-state index contributed by atoms with van der Waals surface area (Å²) in [5.74, 6) is -1.03. The molecule has 7 heteroatoms. The number of hydrogen-bond acceptors (Lipinski definition) is 5. The van der Waals surface area contributed by atoms with Crippen LogP contribution in [0.15, 0.2) is 6.20 Å². The number of piperidine rings is 2. The first-order chi connectivity index (χ1) is 10.1. The number of aromatic nitrogens is 3. The Labute approximate surface area is 124 Å². The topological polar surface area (TPSA) is 83.3 Å². The quantitative estimate of drug-likeness (QED) is 0.826. The number of nitrogens with zero attached hydrogens (tertiary/aromatic N) is 4. The average Bonchev–Trinajstić information content (AvgIpc) is 2.89. The van der Waals surface area contributed by atoms with Gasteiger partial charge in [0.15, 0.2) is 5.69 Å². The van der Waals surface area contributed by atoms with Crippen molar-refractivity contribution < 1.29 is 9.90 Å². The van der Waals surface area contributed by atoms with Gasteiger partial charge in [0, 0.05) is 24.7 Å². The first kappa shape index (κ1) is 14.5. The Morgan fingerprint density at radius 3 is 2.76 bits per heavy atom. The van der Waals surface area contributed by atoms with Crippen molar-refractivity contribution in [3.63, 3.8) is 0 Å². The summed E-state index contributed by atoms with van der Waals surface area (Å²) < 4.78 is 1.59. The second kappa shape index (κ2) is 6.11. The molecular formula is C14H23N5O2. The lowest BCUT2D eigenvalue weighted by Gasteiger charge is -2.47. The zero-order chi connectivity index (χ0) is 14.8. The van der Waals surface area contributed by atoms with Gasteiger partial charge >= 0.3 is 5.97 Å². The Kier molecular flexibility index (Phi) is 4.21. The van der Waals surface area contributed by atoms with Gasteiger partial charge in [-0.1, -0.05) is 11.6 Å². The lowest BCUT2D eigenvalue weighted by Crippen LogP contribution is -2.54. The lowest BCUT2D eigenvalue weighted by molar-refractivity contribution is 0.0484. The van der Waals surface area contributed by atoms with E-state index in [2.05, 4.69) is 27.6 Å². The maximum Gasteiger partial charge on any atom is 0.358 e. The van der Waals surface area contributed by atoms with E-state index in [1.54, 1.807) is 4.68 Å². The van der Waals surface area contributed by atoms with Crippen LogP contribution in [0.1, 0.15) is 42.6 Å². The van der Waals surface area contributed by atoms with Crippen molar-refractivity contribution in [3.8, 4) is 0 Å². The Hall–Kier alpha value is -1.47. The molecule has 2 aliphatic heterocycles. The minimum Gasteiger partial charge on any atom is -0.476 e. The fourth-order valence-electron chi connectivity index (χ4n) is 3.67. The van der Waals surface area contributed by atoms with Gasteiger partial charge in [-0.25, -0.2) is 4.79 Å². The SMILES string of the molecule is CN1C2CCCC1CC(NCCn1cc(C(=O)O)nn1)C2. The molecule has 2 atom stereocenters. The molecule has 116 valence electrons. The van der Waals surface area contributed by atoms with Crippen LogP contribution in [0.3, 0.4) is 0 Å². The smallest absolute Gasteiger partial charge is 0.358 e. The number of nitrogens with one attached hydrogen (secondary N) is 1. The monoisotopic (exact) mass is 293 g/mol. The molecule has 0 amide bonds. The summed E-state index contributed by atoms with van der Waals surface area (Å²) in [6.07, 6.45) is 7.90. The fourth-order valence-corrected chi connectivity index (χ4v) is 3.67. The first-order valence-electron chi connectivity index (χ1n) is 7.72. The van der Waals surface area contributed by atoms with Gasteiger partial charge in [-0.3, -0.25) is 4.68 Å². The van der Waals surface area contributed by atoms with E-state index in [0.717, 1.165) is 18.6 Å². The van der Waals surface area contributed by atoms with Crippen molar-refractivity contribution in [2.45, 2.75) is 56.8 Å². The largest absolute Gasteiger partial charge is 0.476 e. The molecule has 2 aliphatic rings. The van der Waals surface area contributed by atoms with Gasteiger partial charge < -0.3 is 15.3 Å². The molecular weight excluding hydrogens is 270 g/mol. The van der Waals surface area contributed by atoms with Crippen LogP contribution in [0.4, 0.5) is 0 Å². The van der Waals surface area contributed by atoms with E-state index in [1.807, 2.05) is 0 Å². The minimum absolute atomic E-state index is 0.00354. The summed E-state index contributed by atoms with van der Waals surface area (Å²) in [7, 11) is 2.26. The summed E-state index contributed by atoms with van der Waals surface area (Å²) in [4.78, 5) is 13.3. The van der Waals surface area contributed by atoms with E-state index in [1.165, 1.54) is 38.3 Å². The molecule has 0 spiro atoms. The fraction of sp³-hybridized carbons (Fsp3) is 0.786. The van der Waals surface area contributed by atoms with E-state index in [-0.39, 0.29) is 5.69 Å². The third-order valence-electron chi connectivity index (χ3n) is 4.87. The van der Waals surface area contributed by atoms with E-state index in [4.69, 9.17) is 5.11 Å². The van der Waals surface area contributed by atoms with Crippen molar-refractivity contribution in [1.82, 2.24) is 25.2 Å². The molecule has 2 unspecified atom stereocenters. The molecule has 2 N–H and O–H groups in total. The molecule has 0 radical (unpaired) electrons. The summed E-state index contributed by atoms with van der Waals surface area (Å²) >= 11 is 0. The highest BCUT2D eigenvalue weighted by Gasteiger charge is 2.35. The van der Waals surface area contributed by atoms with Crippen molar-refractivity contribution in [1.29, 1.82) is 0 Å². The number of hydrogen-bond donors (Lipinski definition) is 2. The van der Waals surface area contributed by atoms with E-state index in [9.17, 15) is 4.79 Å². The zero-order valence-corrected chi connectivity index (χ0v) is 12.4. The lowest BCUT2D eigenvalue weighted by atomic mass is 9.82. The number of carboxylic acid groups (broad SMARTS) is 1. The molecule has 0 aliphatic carbocycles. The van der Waals surface area contributed by atoms with Gasteiger partial charge in [0.1, 0.15) is 0 Å². The number of carbonyl (C=O) groups is 1. The second-order valence-electron chi connectivity index (χ2n) is 6.20. The van der Waals surface area contributed by atoms with Crippen LogP contribution >= 0.6 is 0 Å². The average molecular weight is 293 g/mol. The number of carboxylic acids is 1. The third-order valence-corrected chi connectivity index (χ3v) is 4.87. The van der Waals surface area contributed by atoms with E-state index < -0.39 is 5.97 Å². The molecule has 7 nitrogen and oxygen atoms in total. The van der Waals surface area contributed by atoms with Gasteiger partial charge in [-0.05, 0) is 32.7 Å². The summed E-state index contributed by atoms with van der Waals surface area (Å²) in [5, 5.41) is 19.8. The number of fused-ring (bicyclic) bond motifs is 2. The normalized spacial score (nSPS) is 29.5. The number of rotatable bonds is 5. The predicted octanol–water partition coefficient (Wildman–Crippen LogP) is 0.581. The van der Waals surface area contributed by atoms with Gasteiger partial charge in [0.2, 0.25) is 0 Å². The van der Waals surface area contributed by atoms with Crippen molar-refractivity contribution in [3.05, 3.63) is 11.9 Å². The van der Waals surface area contributed by atoms with Crippen molar-refractivity contribution >= 4 is 5.97 Å². The molecule has 3 rings (SSSR count). The van der Waals surface area contributed by atoms with Gasteiger partial charge in [0.25, 0.3) is 0 Å². The Morgan fingerprint density at radius 2 is 2.14 bits per heavy atom. The van der Waals surface area contributed by atoms with Crippen LogP contribution in [0.25, 0.3) is 0 Å². The minimum atomic E-state index is -1.03. The summed E-state index contributed by atoms with van der Waals surface area (Å²) in [6, 6.07) is 2.01. The van der Waals surface area contributed by atoms with Crippen LogP contribution in [-0.4, -0.2) is 62.7 Å². The standard InChI is InChI=1S/C14H23N5O2/c1-18-11-3-2-4-12(18)8-10(7-11)15-5-6-19-9-13(14(20)21)16-17-19/h9-12,15H,2-8H2,1H3,(H,20,21). The Morgan fingerprint density at radius 1 is 1.43 bits per heavy atom. The molecule has 1 aromatic heterocycles. The van der Waals surface area contributed by atoms with Crippen LogP contribution in [0.2, 0.25) is 0 Å². The molecule has 21 heavy (non-hydrogen) atoms. The Balaban J connectivity index is 1.46. The molecule has 2 fully saturated rings. The van der Waals surface area contributed by atoms with E-state index in [0.29, 0.717) is 12.6 Å². The van der Waals surface area contributed by atoms with Crippen LogP contribution < -0.4 is 5.32 Å². The highest BCUT2D eigenvalue weighted by atomic mass is 16.4. The molecule has 1 aromatic rings. The van der Waals surface area contributed by atoms with Gasteiger partial charge in [0.05, 0.1) is 12.7 Å².